The van der Waals surface area contributed by atoms with Crippen LogP contribution in [0.15, 0.2) is 0 Å². The molecule has 2 rings (SSSR count). The number of hydrogen-bond acceptors (Lipinski definition) is 5. The summed E-state index contributed by atoms with van der Waals surface area (Å²) in [7, 11) is 2.18. The Kier molecular flexibility index (Phi) is 4.18. The normalized spacial score (nSPS) is 19.4. The molecule has 0 bridgehead atoms. The Hall–Kier alpha value is -1.36. The molecule has 112 valence electrons. The second kappa shape index (κ2) is 5.56. The van der Waals surface area contributed by atoms with Crippen LogP contribution in [-0.4, -0.2) is 47.1 Å². The highest BCUT2D eigenvalue weighted by Gasteiger charge is 2.32. The Morgan fingerprint density at radius 1 is 1.25 bits per heavy atom. The zero-order valence-electron chi connectivity index (χ0n) is 13.4. The fourth-order valence-electron chi connectivity index (χ4n) is 2.63. The highest BCUT2D eigenvalue weighted by molar-refractivity contribution is 5.57. The third-order valence-electron chi connectivity index (χ3n) is 4.29. The van der Waals surface area contributed by atoms with E-state index in [1.165, 1.54) is 0 Å². The molecule has 0 aliphatic carbocycles. The fraction of sp³-hybridized carbons (Fsp3) is 0.733. The second-order valence-corrected chi connectivity index (χ2v) is 6.38. The van der Waals surface area contributed by atoms with Crippen molar-refractivity contribution < 1.29 is 0 Å². The molecule has 2 N–H and O–H groups in total. The Morgan fingerprint density at radius 2 is 1.95 bits per heavy atom. The lowest BCUT2D eigenvalue weighted by Crippen LogP contribution is -2.58. The van der Waals surface area contributed by atoms with Gasteiger partial charge in [0.1, 0.15) is 17.5 Å². The van der Waals surface area contributed by atoms with Crippen LogP contribution in [0.3, 0.4) is 0 Å². The molecule has 1 aliphatic heterocycles. The van der Waals surface area contributed by atoms with Gasteiger partial charge in [-0.15, -0.1) is 0 Å². The molecule has 0 atom stereocenters. The number of piperazine rings is 1. The lowest BCUT2D eigenvalue weighted by molar-refractivity contribution is 0.138. The second-order valence-electron chi connectivity index (χ2n) is 6.38. The van der Waals surface area contributed by atoms with Crippen molar-refractivity contribution in [3.63, 3.8) is 0 Å². The minimum Gasteiger partial charge on any atom is -0.383 e. The predicted molar refractivity (Wildman–Crippen MR) is 84.1 cm³/mol. The van der Waals surface area contributed by atoms with E-state index in [4.69, 9.17) is 10.7 Å². The van der Waals surface area contributed by atoms with E-state index >= 15 is 0 Å². The lowest BCUT2D eigenvalue weighted by Gasteiger charge is -2.46. The molecular weight excluding hydrogens is 250 g/mol. The van der Waals surface area contributed by atoms with Gasteiger partial charge >= 0.3 is 0 Å². The van der Waals surface area contributed by atoms with Gasteiger partial charge in [-0.1, -0.05) is 6.92 Å². The standard InChI is InChI=1S/C15H27N5/c1-6-7-12-17-13(16)11(2)14(18-12)20-9-8-19(5)15(3,4)10-20/h6-10H2,1-5H3,(H2,16,17,18). The Labute approximate surface area is 122 Å². The quantitative estimate of drug-likeness (QED) is 0.913. The van der Waals surface area contributed by atoms with Gasteiger partial charge in [0.15, 0.2) is 0 Å². The molecule has 0 radical (unpaired) electrons. The molecule has 1 aromatic rings. The minimum absolute atomic E-state index is 0.148. The van der Waals surface area contributed by atoms with E-state index in [1.807, 2.05) is 6.92 Å². The van der Waals surface area contributed by atoms with E-state index in [-0.39, 0.29) is 5.54 Å². The number of aryl methyl sites for hydroxylation is 1. The van der Waals surface area contributed by atoms with Crippen LogP contribution >= 0.6 is 0 Å². The number of nitrogens with zero attached hydrogens (tertiary/aromatic N) is 4. The van der Waals surface area contributed by atoms with Crippen LogP contribution in [0.25, 0.3) is 0 Å². The van der Waals surface area contributed by atoms with Gasteiger partial charge < -0.3 is 10.6 Å². The maximum absolute atomic E-state index is 6.07. The van der Waals surface area contributed by atoms with Gasteiger partial charge in [-0.25, -0.2) is 9.97 Å². The van der Waals surface area contributed by atoms with Gasteiger partial charge in [-0.05, 0) is 34.2 Å². The molecule has 0 amide bonds. The topological polar surface area (TPSA) is 58.3 Å². The van der Waals surface area contributed by atoms with E-state index in [9.17, 15) is 0 Å². The van der Waals surface area contributed by atoms with Crippen molar-refractivity contribution in [2.24, 2.45) is 0 Å². The number of aromatic nitrogens is 2. The van der Waals surface area contributed by atoms with Crippen molar-refractivity contribution in [1.82, 2.24) is 14.9 Å². The minimum atomic E-state index is 0.148. The average molecular weight is 277 g/mol. The van der Waals surface area contributed by atoms with E-state index < -0.39 is 0 Å². The van der Waals surface area contributed by atoms with Gasteiger partial charge in [-0.2, -0.15) is 0 Å². The molecule has 1 saturated heterocycles. The van der Waals surface area contributed by atoms with Crippen LogP contribution in [-0.2, 0) is 6.42 Å². The van der Waals surface area contributed by atoms with Crippen molar-refractivity contribution >= 4 is 11.6 Å². The predicted octanol–water partition coefficient (Wildman–Crippen LogP) is 1.85. The van der Waals surface area contributed by atoms with Gasteiger partial charge in [0.2, 0.25) is 0 Å². The van der Waals surface area contributed by atoms with E-state index in [1.54, 1.807) is 0 Å². The van der Waals surface area contributed by atoms with Crippen LogP contribution in [0.5, 0.6) is 0 Å². The van der Waals surface area contributed by atoms with Crippen LogP contribution < -0.4 is 10.6 Å². The summed E-state index contributed by atoms with van der Waals surface area (Å²) >= 11 is 0. The molecule has 5 heteroatoms. The zero-order chi connectivity index (χ0) is 14.9. The van der Waals surface area contributed by atoms with Crippen molar-refractivity contribution in [3.8, 4) is 0 Å². The summed E-state index contributed by atoms with van der Waals surface area (Å²) in [5.41, 5.74) is 7.22. The Bertz CT molecular complexity index is 483. The van der Waals surface area contributed by atoms with Crippen LogP contribution in [0, 0.1) is 6.92 Å². The number of nitrogens with two attached hydrogens (primary N) is 1. The molecular formula is C15H27N5. The maximum Gasteiger partial charge on any atom is 0.137 e. The van der Waals surface area contributed by atoms with E-state index in [2.05, 4.69) is 42.6 Å². The third-order valence-corrected chi connectivity index (χ3v) is 4.29. The molecule has 0 spiro atoms. The third kappa shape index (κ3) is 2.87. The monoisotopic (exact) mass is 277 g/mol. The zero-order valence-corrected chi connectivity index (χ0v) is 13.4. The summed E-state index contributed by atoms with van der Waals surface area (Å²) in [6.07, 6.45) is 1.92. The van der Waals surface area contributed by atoms with Crippen molar-refractivity contribution in [2.45, 2.75) is 46.1 Å². The van der Waals surface area contributed by atoms with Crippen molar-refractivity contribution in [2.75, 3.05) is 37.3 Å². The summed E-state index contributed by atoms with van der Waals surface area (Å²) in [4.78, 5) is 13.9. The summed E-state index contributed by atoms with van der Waals surface area (Å²) < 4.78 is 0. The number of anilines is 2. The summed E-state index contributed by atoms with van der Waals surface area (Å²) in [6, 6.07) is 0. The lowest BCUT2D eigenvalue weighted by atomic mass is 9.99. The fourth-order valence-corrected chi connectivity index (χ4v) is 2.63. The summed E-state index contributed by atoms with van der Waals surface area (Å²) in [5, 5.41) is 0. The number of likely N-dealkylation sites (N-methyl/N-ethyl adjacent to an activating group) is 1. The highest BCUT2D eigenvalue weighted by Crippen LogP contribution is 2.27. The number of rotatable bonds is 3. The molecule has 20 heavy (non-hydrogen) atoms. The molecule has 0 aromatic carbocycles. The van der Waals surface area contributed by atoms with Gasteiger partial charge in [0.05, 0.1) is 0 Å². The highest BCUT2D eigenvalue weighted by atomic mass is 15.3. The smallest absolute Gasteiger partial charge is 0.137 e. The van der Waals surface area contributed by atoms with E-state index in [0.717, 1.165) is 49.7 Å². The van der Waals surface area contributed by atoms with Crippen LogP contribution in [0.4, 0.5) is 11.6 Å². The molecule has 0 unspecified atom stereocenters. The first-order chi connectivity index (χ1) is 9.35. The first-order valence-corrected chi connectivity index (χ1v) is 7.44. The van der Waals surface area contributed by atoms with Crippen molar-refractivity contribution in [1.29, 1.82) is 0 Å². The van der Waals surface area contributed by atoms with E-state index in [0.29, 0.717) is 5.82 Å². The van der Waals surface area contributed by atoms with Gasteiger partial charge in [-0.3, -0.25) is 4.90 Å². The van der Waals surface area contributed by atoms with Crippen LogP contribution in [0.2, 0.25) is 0 Å². The maximum atomic E-state index is 6.07. The molecule has 1 aliphatic rings. The van der Waals surface area contributed by atoms with Gasteiger partial charge in [0, 0.05) is 37.2 Å². The molecule has 0 saturated carbocycles. The SMILES string of the molecule is CCCc1nc(N)c(C)c(N2CCN(C)C(C)(C)C2)n1. The van der Waals surface area contributed by atoms with Gasteiger partial charge in [0.25, 0.3) is 0 Å². The number of hydrogen-bond donors (Lipinski definition) is 1. The summed E-state index contributed by atoms with van der Waals surface area (Å²) in [6.45, 7) is 11.7. The first kappa shape index (κ1) is 15.0. The summed E-state index contributed by atoms with van der Waals surface area (Å²) in [5.74, 6) is 2.50. The molecule has 1 fully saturated rings. The molecule has 5 nitrogen and oxygen atoms in total. The van der Waals surface area contributed by atoms with Crippen LogP contribution in [0.1, 0.15) is 38.6 Å². The Balaban J connectivity index is 2.32. The molecule has 1 aromatic heterocycles. The average Bonchev–Trinajstić information content (AvgIpc) is 2.37. The number of nitrogen functional groups attached to an aromatic ring is 1. The van der Waals surface area contributed by atoms with Crippen molar-refractivity contribution in [3.05, 3.63) is 11.4 Å². The first-order valence-electron chi connectivity index (χ1n) is 7.44. The molecule has 2 heterocycles. The largest absolute Gasteiger partial charge is 0.383 e. The Morgan fingerprint density at radius 3 is 2.55 bits per heavy atom.